The highest BCUT2D eigenvalue weighted by Crippen LogP contribution is 2.28. The fraction of sp³-hybridized carbons (Fsp3) is 0.188. The minimum absolute atomic E-state index is 0.0495. The number of nitrogens with zero attached hydrogens (tertiary/aromatic N) is 1. The van der Waals surface area contributed by atoms with E-state index in [4.69, 9.17) is 16.3 Å². The number of anilines is 1. The molecule has 0 heterocycles. The molecular weight excluding hydrogens is 432 g/mol. The van der Waals surface area contributed by atoms with E-state index in [9.17, 15) is 13.2 Å². The molecule has 0 aliphatic heterocycles. The molecule has 0 atom stereocenters. The van der Waals surface area contributed by atoms with E-state index in [1.165, 1.54) is 32.3 Å². The molecule has 2 aromatic rings. The van der Waals surface area contributed by atoms with Crippen molar-refractivity contribution in [2.45, 2.75) is 4.90 Å². The maximum atomic E-state index is 12.1. The molecule has 0 bridgehead atoms. The SMILES string of the molecule is CN(C)S(=O)(=O)c1ccc(OCC(=O)Nc2cccc(Br)c2)c(Cl)c1. The third-order valence-corrected chi connectivity index (χ3v) is 5.75. The Morgan fingerprint density at radius 1 is 1.24 bits per heavy atom. The van der Waals surface area contributed by atoms with Gasteiger partial charge in [-0.05, 0) is 36.4 Å². The third kappa shape index (κ3) is 5.18. The molecular formula is C16H16BrClN2O4S. The summed E-state index contributed by atoms with van der Waals surface area (Å²) in [5.41, 5.74) is 0.626. The van der Waals surface area contributed by atoms with Gasteiger partial charge in [0.25, 0.3) is 5.91 Å². The largest absolute Gasteiger partial charge is 0.482 e. The van der Waals surface area contributed by atoms with Crippen molar-refractivity contribution >= 4 is 49.1 Å². The molecule has 9 heteroatoms. The van der Waals surface area contributed by atoms with Gasteiger partial charge in [0.15, 0.2) is 6.61 Å². The van der Waals surface area contributed by atoms with Gasteiger partial charge >= 0.3 is 0 Å². The van der Waals surface area contributed by atoms with Crippen LogP contribution in [0.4, 0.5) is 5.69 Å². The molecule has 0 saturated heterocycles. The molecule has 6 nitrogen and oxygen atoms in total. The number of carbonyl (C=O) groups is 1. The van der Waals surface area contributed by atoms with Crippen molar-refractivity contribution in [3.8, 4) is 5.75 Å². The zero-order valence-electron chi connectivity index (χ0n) is 13.5. The highest BCUT2D eigenvalue weighted by Gasteiger charge is 2.19. The molecule has 2 aromatic carbocycles. The summed E-state index contributed by atoms with van der Waals surface area (Å²) in [5.74, 6) is -0.136. The normalized spacial score (nSPS) is 11.4. The van der Waals surface area contributed by atoms with Crippen LogP contribution in [0, 0.1) is 0 Å². The van der Waals surface area contributed by atoms with Crippen molar-refractivity contribution in [1.82, 2.24) is 4.31 Å². The average molecular weight is 448 g/mol. The number of nitrogens with one attached hydrogen (secondary N) is 1. The van der Waals surface area contributed by atoms with Crippen molar-refractivity contribution in [3.05, 3.63) is 52.0 Å². The summed E-state index contributed by atoms with van der Waals surface area (Å²) in [4.78, 5) is 12.0. The summed E-state index contributed by atoms with van der Waals surface area (Å²) in [6.45, 7) is -0.258. The number of carbonyl (C=O) groups excluding carboxylic acids is 1. The molecule has 0 radical (unpaired) electrons. The lowest BCUT2D eigenvalue weighted by molar-refractivity contribution is -0.118. The standard InChI is InChI=1S/C16H16BrClN2O4S/c1-20(2)25(22,23)13-6-7-15(14(18)9-13)24-10-16(21)19-12-5-3-4-11(17)8-12/h3-9H,10H2,1-2H3,(H,19,21). The van der Waals surface area contributed by atoms with Crippen molar-refractivity contribution in [3.63, 3.8) is 0 Å². The lowest BCUT2D eigenvalue weighted by Crippen LogP contribution is -2.22. The Labute approximate surface area is 159 Å². The van der Waals surface area contributed by atoms with E-state index in [2.05, 4.69) is 21.2 Å². The minimum Gasteiger partial charge on any atom is -0.482 e. The number of sulfonamides is 1. The molecule has 0 aliphatic rings. The number of halogens is 2. The van der Waals surface area contributed by atoms with Crippen LogP contribution in [0.1, 0.15) is 0 Å². The van der Waals surface area contributed by atoms with Crippen molar-refractivity contribution in [2.24, 2.45) is 0 Å². The van der Waals surface area contributed by atoms with E-state index in [-0.39, 0.29) is 28.2 Å². The van der Waals surface area contributed by atoms with Crippen LogP contribution in [0.5, 0.6) is 5.75 Å². The van der Waals surface area contributed by atoms with Crippen molar-refractivity contribution in [1.29, 1.82) is 0 Å². The fourth-order valence-corrected chi connectivity index (χ4v) is 3.50. The van der Waals surface area contributed by atoms with E-state index in [0.29, 0.717) is 5.69 Å². The maximum absolute atomic E-state index is 12.1. The summed E-state index contributed by atoms with van der Waals surface area (Å²) < 4.78 is 31.4. The van der Waals surface area contributed by atoms with Gasteiger partial charge in [0, 0.05) is 24.3 Å². The van der Waals surface area contributed by atoms with Crippen LogP contribution in [0.2, 0.25) is 5.02 Å². The van der Waals surface area contributed by atoms with E-state index >= 15 is 0 Å². The lowest BCUT2D eigenvalue weighted by atomic mass is 10.3. The zero-order valence-corrected chi connectivity index (χ0v) is 16.7. The zero-order chi connectivity index (χ0) is 18.6. The molecule has 25 heavy (non-hydrogen) atoms. The number of hydrogen-bond acceptors (Lipinski definition) is 4. The first-order chi connectivity index (χ1) is 11.7. The Balaban J connectivity index is 2.02. The second kappa shape index (κ2) is 8.18. The van der Waals surface area contributed by atoms with E-state index in [1.807, 2.05) is 6.07 Å². The van der Waals surface area contributed by atoms with Gasteiger partial charge in [0.2, 0.25) is 10.0 Å². The third-order valence-electron chi connectivity index (χ3n) is 3.15. The van der Waals surface area contributed by atoms with Crippen LogP contribution >= 0.6 is 27.5 Å². The summed E-state index contributed by atoms with van der Waals surface area (Å²) >= 11 is 9.38. The molecule has 0 aliphatic carbocycles. The molecule has 0 fully saturated rings. The number of rotatable bonds is 6. The van der Waals surface area contributed by atoms with Gasteiger partial charge in [-0.2, -0.15) is 0 Å². The Bertz CT molecular complexity index is 887. The van der Waals surface area contributed by atoms with Gasteiger partial charge in [-0.15, -0.1) is 0 Å². The molecule has 0 unspecified atom stereocenters. The molecule has 0 spiro atoms. The van der Waals surface area contributed by atoms with Gasteiger partial charge in [-0.25, -0.2) is 12.7 Å². The van der Waals surface area contributed by atoms with Crippen LogP contribution in [-0.4, -0.2) is 39.3 Å². The summed E-state index contributed by atoms with van der Waals surface area (Å²) in [6, 6.07) is 11.2. The Morgan fingerprint density at radius 3 is 2.56 bits per heavy atom. The minimum atomic E-state index is -3.58. The lowest BCUT2D eigenvalue weighted by Gasteiger charge is -2.13. The van der Waals surface area contributed by atoms with Crippen LogP contribution in [-0.2, 0) is 14.8 Å². The van der Waals surface area contributed by atoms with Crippen LogP contribution in [0.3, 0.4) is 0 Å². The molecule has 0 aromatic heterocycles. The van der Waals surface area contributed by atoms with Crippen molar-refractivity contribution < 1.29 is 17.9 Å². The quantitative estimate of drug-likeness (QED) is 0.737. The Morgan fingerprint density at radius 2 is 1.96 bits per heavy atom. The first-order valence-electron chi connectivity index (χ1n) is 7.10. The van der Waals surface area contributed by atoms with Gasteiger partial charge < -0.3 is 10.1 Å². The summed E-state index contributed by atoms with van der Waals surface area (Å²) in [6.07, 6.45) is 0. The predicted molar refractivity (Wildman–Crippen MR) is 101 cm³/mol. The smallest absolute Gasteiger partial charge is 0.262 e. The van der Waals surface area contributed by atoms with Gasteiger partial charge in [0.05, 0.1) is 9.92 Å². The highest BCUT2D eigenvalue weighted by atomic mass is 79.9. The Hall–Kier alpha value is -1.61. The molecule has 134 valence electrons. The number of hydrogen-bond donors (Lipinski definition) is 1. The Kier molecular flexibility index (Phi) is 6.45. The van der Waals surface area contributed by atoms with Gasteiger partial charge in [0.1, 0.15) is 5.75 Å². The van der Waals surface area contributed by atoms with Crippen LogP contribution in [0.15, 0.2) is 51.8 Å². The number of ether oxygens (including phenoxy) is 1. The molecule has 1 N–H and O–H groups in total. The first kappa shape index (κ1) is 19.7. The molecule has 1 amide bonds. The summed E-state index contributed by atoms with van der Waals surface area (Å²) in [5, 5.41) is 2.79. The van der Waals surface area contributed by atoms with Crippen LogP contribution < -0.4 is 10.1 Å². The first-order valence-corrected chi connectivity index (χ1v) is 9.71. The second-order valence-electron chi connectivity index (χ2n) is 5.23. The number of amides is 1. The topological polar surface area (TPSA) is 75.7 Å². The van der Waals surface area contributed by atoms with E-state index in [1.54, 1.807) is 18.2 Å². The second-order valence-corrected chi connectivity index (χ2v) is 8.70. The van der Waals surface area contributed by atoms with Crippen molar-refractivity contribution in [2.75, 3.05) is 26.0 Å². The molecule has 2 rings (SSSR count). The van der Waals surface area contributed by atoms with E-state index < -0.39 is 10.0 Å². The fourth-order valence-electron chi connectivity index (χ4n) is 1.88. The molecule has 0 saturated carbocycles. The van der Waals surface area contributed by atoms with E-state index in [0.717, 1.165) is 8.78 Å². The highest BCUT2D eigenvalue weighted by molar-refractivity contribution is 9.10. The monoisotopic (exact) mass is 446 g/mol. The number of benzene rings is 2. The van der Waals surface area contributed by atoms with Gasteiger partial charge in [-0.1, -0.05) is 33.6 Å². The maximum Gasteiger partial charge on any atom is 0.262 e. The summed E-state index contributed by atoms with van der Waals surface area (Å²) in [7, 11) is -0.722. The van der Waals surface area contributed by atoms with Gasteiger partial charge in [-0.3, -0.25) is 4.79 Å². The van der Waals surface area contributed by atoms with Crippen LogP contribution in [0.25, 0.3) is 0 Å². The average Bonchev–Trinajstić information content (AvgIpc) is 2.53. The predicted octanol–water partition coefficient (Wildman–Crippen LogP) is 3.37.